The summed E-state index contributed by atoms with van der Waals surface area (Å²) in [6.45, 7) is 0.601. The molecule has 0 unspecified atom stereocenters. The number of alkyl halides is 3. The molecule has 0 saturated carbocycles. The van der Waals surface area contributed by atoms with Crippen LogP contribution >= 0.6 is 0 Å². The molecule has 0 atom stereocenters. The highest BCUT2D eigenvalue weighted by Crippen LogP contribution is 2.17. The Balaban J connectivity index is 2.55. The molecule has 4 nitrogen and oxygen atoms in total. The molecule has 0 saturated heterocycles. The van der Waals surface area contributed by atoms with Gasteiger partial charge in [-0.25, -0.2) is 0 Å². The summed E-state index contributed by atoms with van der Waals surface area (Å²) in [4.78, 5) is 12.8. The summed E-state index contributed by atoms with van der Waals surface area (Å²) in [5, 5.41) is 2.54. The van der Waals surface area contributed by atoms with Crippen molar-refractivity contribution in [1.82, 2.24) is 4.90 Å². The van der Waals surface area contributed by atoms with Crippen LogP contribution in [-0.4, -0.2) is 36.6 Å². The first kappa shape index (κ1) is 16.3. The van der Waals surface area contributed by atoms with Crippen molar-refractivity contribution in [2.75, 3.05) is 30.7 Å². The SMILES string of the molecule is CCCN(CC(=O)Nc1ccc(N)cc1)CC(F)(F)F. The second-order valence-corrected chi connectivity index (χ2v) is 4.50. The molecule has 0 heterocycles. The van der Waals surface area contributed by atoms with Crippen LogP contribution in [0.1, 0.15) is 13.3 Å². The molecule has 7 heteroatoms. The van der Waals surface area contributed by atoms with Crippen molar-refractivity contribution < 1.29 is 18.0 Å². The summed E-state index contributed by atoms with van der Waals surface area (Å²) < 4.78 is 37.1. The molecule has 1 rings (SSSR count). The van der Waals surface area contributed by atoms with Crippen molar-refractivity contribution in [3.05, 3.63) is 24.3 Å². The highest BCUT2D eigenvalue weighted by molar-refractivity contribution is 5.92. The van der Waals surface area contributed by atoms with E-state index >= 15 is 0 Å². The minimum absolute atomic E-state index is 0.217. The topological polar surface area (TPSA) is 58.4 Å². The van der Waals surface area contributed by atoms with Crippen LogP contribution in [-0.2, 0) is 4.79 Å². The van der Waals surface area contributed by atoms with Crippen molar-refractivity contribution in [2.45, 2.75) is 19.5 Å². The molecule has 0 aliphatic heterocycles. The predicted octanol–water partition coefficient (Wildman–Crippen LogP) is 2.48. The first-order valence-electron chi connectivity index (χ1n) is 6.24. The van der Waals surface area contributed by atoms with Crippen LogP contribution in [0.15, 0.2) is 24.3 Å². The molecule has 0 spiro atoms. The fraction of sp³-hybridized carbons (Fsp3) is 0.462. The Kier molecular flexibility index (Phi) is 5.82. The number of hydrogen-bond donors (Lipinski definition) is 2. The fourth-order valence-corrected chi connectivity index (χ4v) is 1.75. The monoisotopic (exact) mass is 289 g/mol. The zero-order chi connectivity index (χ0) is 15.2. The number of carbonyl (C=O) groups is 1. The maximum atomic E-state index is 12.4. The van der Waals surface area contributed by atoms with Crippen molar-refractivity contribution in [3.8, 4) is 0 Å². The van der Waals surface area contributed by atoms with Gasteiger partial charge in [0.05, 0.1) is 13.1 Å². The minimum atomic E-state index is -4.31. The second-order valence-electron chi connectivity index (χ2n) is 4.50. The number of halogens is 3. The zero-order valence-electron chi connectivity index (χ0n) is 11.2. The molecule has 0 bridgehead atoms. The Morgan fingerprint density at radius 3 is 2.40 bits per heavy atom. The number of carbonyl (C=O) groups excluding carboxylic acids is 1. The third-order valence-corrected chi connectivity index (χ3v) is 2.50. The van der Waals surface area contributed by atoms with E-state index in [0.29, 0.717) is 17.8 Å². The van der Waals surface area contributed by atoms with Gasteiger partial charge in [0.15, 0.2) is 0 Å². The van der Waals surface area contributed by atoms with Gasteiger partial charge in [-0.05, 0) is 37.2 Å². The number of anilines is 2. The number of nitrogens with one attached hydrogen (secondary N) is 1. The molecule has 0 aromatic heterocycles. The lowest BCUT2D eigenvalue weighted by Crippen LogP contribution is -2.40. The first-order valence-corrected chi connectivity index (χ1v) is 6.24. The van der Waals surface area contributed by atoms with Crippen molar-refractivity contribution in [3.63, 3.8) is 0 Å². The van der Waals surface area contributed by atoms with E-state index in [0.717, 1.165) is 4.90 Å². The van der Waals surface area contributed by atoms with E-state index in [-0.39, 0.29) is 13.1 Å². The molecule has 1 amide bonds. The molecule has 20 heavy (non-hydrogen) atoms. The molecule has 0 fully saturated rings. The van der Waals surface area contributed by atoms with E-state index in [1.165, 1.54) is 0 Å². The van der Waals surface area contributed by atoms with Crippen LogP contribution in [0, 0.1) is 0 Å². The number of benzene rings is 1. The molecular formula is C13H18F3N3O. The van der Waals surface area contributed by atoms with E-state index in [4.69, 9.17) is 5.73 Å². The van der Waals surface area contributed by atoms with Crippen molar-refractivity contribution in [2.24, 2.45) is 0 Å². The lowest BCUT2D eigenvalue weighted by atomic mass is 10.3. The number of hydrogen-bond acceptors (Lipinski definition) is 3. The molecule has 112 valence electrons. The van der Waals surface area contributed by atoms with Crippen LogP contribution in [0.4, 0.5) is 24.5 Å². The van der Waals surface area contributed by atoms with Crippen LogP contribution in [0.5, 0.6) is 0 Å². The minimum Gasteiger partial charge on any atom is -0.399 e. The first-order chi connectivity index (χ1) is 9.30. The molecule has 1 aromatic rings. The van der Waals surface area contributed by atoms with Crippen LogP contribution < -0.4 is 11.1 Å². The highest BCUT2D eigenvalue weighted by Gasteiger charge is 2.31. The third kappa shape index (κ3) is 6.42. The maximum Gasteiger partial charge on any atom is 0.401 e. The van der Waals surface area contributed by atoms with Gasteiger partial charge in [0.2, 0.25) is 5.91 Å². The fourth-order valence-electron chi connectivity index (χ4n) is 1.75. The van der Waals surface area contributed by atoms with Gasteiger partial charge in [0, 0.05) is 11.4 Å². The highest BCUT2D eigenvalue weighted by atomic mass is 19.4. The van der Waals surface area contributed by atoms with Crippen LogP contribution in [0.25, 0.3) is 0 Å². The van der Waals surface area contributed by atoms with Gasteiger partial charge < -0.3 is 11.1 Å². The lowest BCUT2D eigenvalue weighted by Gasteiger charge is -2.22. The molecule has 1 aromatic carbocycles. The number of rotatable bonds is 6. The molecule has 0 radical (unpaired) electrons. The smallest absolute Gasteiger partial charge is 0.399 e. The summed E-state index contributed by atoms with van der Waals surface area (Å²) in [7, 11) is 0. The van der Waals surface area contributed by atoms with Gasteiger partial charge in [-0.2, -0.15) is 13.2 Å². The van der Waals surface area contributed by atoms with Crippen LogP contribution in [0.2, 0.25) is 0 Å². The Morgan fingerprint density at radius 2 is 1.90 bits per heavy atom. The van der Waals surface area contributed by atoms with E-state index < -0.39 is 18.6 Å². The molecule has 0 aliphatic carbocycles. The van der Waals surface area contributed by atoms with Gasteiger partial charge in [-0.3, -0.25) is 9.69 Å². The van der Waals surface area contributed by atoms with Gasteiger partial charge in [0.1, 0.15) is 0 Å². The summed E-state index contributed by atoms with van der Waals surface area (Å²) in [5.41, 5.74) is 6.56. The number of nitrogens with zero attached hydrogens (tertiary/aromatic N) is 1. The van der Waals surface area contributed by atoms with E-state index in [1.807, 2.05) is 0 Å². The van der Waals surface area contributed by atoms with E-state index in [9.17, 15) is 18.0 Å². The van der Waals surface area contributed by atoms with Gasteiger partial charge in [-0.1, -0.05) is 6.92 Å². The van der Waals surface area contributed by atoms with Crippen molar-refractivity contribution >= 4 is 17.3 Å². The van der Waals surface area contributed by atoms with Gasteiger partial charge >= 0.3 is 6.18 Å². The standard InChI is InChI=1S/C13H18F3N3O/c1-2-7-19(9-13(14,15)16)8-12(20)18-11-5-3-10(17)4-6-11/h3-6H,2,7-9,17H2,1H3,(H,18,20). The number of nitrogen functional groups attached to an aromatic ring is 1. The van der Waals surface area contributed by atoms with E-state index in [1.54, 1.807) is 31.2 Å². The Morgan fingerprint density at radius 1 is 1.30 bits per heavy atom. The van der Waals surface area contributed by atoms with E-state index in [2.05, 4.69) is 5.32 Å². The summed E-state index contributed by atoms with van der Waals surface area (Å²) >= 11 is 0. The van der Waals surface area contributed by atoms with Crippen molar-refractivity contribution in [1.29, 1.82) is 0 Å². The third-order valence-electron chi connectivity index (χ3n) is 2.50. The molecule has 3 N–H and O–H groups in total. The Labute approximate surface area is 115 Å². The quantitative estimate of drug-likeness (QED) is 0.791. The summed E-state index contributed by atoms with van der Waals surface area (Å²) in [6, 6.07) is 6.41. The molecule has 0 aliphatic rings. The number of amides is 1. The summed E-state index contributed by atoms with van der Waals surface area (Å²) in [6.07, 6.45) is -3.76. The van der Waals surface area contributed by atoms with Gasteiger partial charge in [0.25, 0.3) is 0 Å². The molecular weight excluding hydrogens is 271 g/mol. The zero-order valence-corrected chi connectivity index (χ0v) is 11.2. The largest absolute Gasteiger partial charge is 0.401 e. The Hall–Kier alpha value is -1.76. The predicted molar refractivity (Wildman–Crippen MR) is 72.3 cm³/mol. The Bertz CT molecular complexity index is 431. The summed E-state index contributed by atoms with van der Waals surface area (Å²) in [5.74, 6) is -0.479. The average molecular weight is 289 g/mol. The average Bonchev–Trinajstić information content (AvgIpc) is 2.30. The normalized spacial score (nSPS) is 11.7. The van der Waals surface area contributed by atoms with Crippen LogP contribution in [0.3, 0.4) is 0 Å². The lowest BCUT2D eigenvalue weighted by molar-refractivity contribution is -0.147. The van der Waals surface area contributed by atoms with Gasteiger partial charge in [-0.15, -0.1) is 0 Å². The second kappa shape index (κ2) is 7.14. The number of nitrogens with two attached hydrogens (primary N) is 1. The maximum absolute atomic E-state index is 12.4.